The molecular formula is C11H16F3N3. The summed E-state index contributed by atoms with van der Waals surface area (Å²) in [7, 11) is 0. The number of hydrogen-bond acceptors (Lipinski definition) is 2. The topological polar surface area (TPSA) is 43.8 Å². The molecular weight excluding hydrogens is 231 g/mol. The number of nitrogens with two attached hydrogens (primary N) is 1. The van der Waals surface area contributed by atoms with Gasteiger partial charge in [0.1, 0.15) is 11.5 Å². The van der Waals surface area contributed by atoms with Gasteiger partial charge in [-0.3, -0.25) is 4.68 Å². The van der Waals surface area contributed by atoms with Gasteiger partial charge in [-0.25, -0.2) is 0 Å². The number of anilines is 1. The summed E-state index contributed by atoms with van der Waals surface area (Å²) in [5.41, 5.74) is 4.67. The highest BCUT2D eigenvalue weighted by Gasteiger charge is 2.37. The number of rotatable bonds is 1. The summed E-state index contributed by atoms with van der Waals surface area (Å²) >= 11 is 0. The van der Waals surface area contributed by atoms with Crippen molar-refractivity contribution in [2.45, 2.75) is 50.7 Å². The first kappa shape index (κ1) is 12.3. The molecule has 2 rings (SSSR count). The second-order valence-corrected chi connectivity index (χ2v) is 4.54. The average molecular weight is 247 g/mol. The second kappa shape index (κ2) is 4.58. The van der Waals surface area contributed by atoms with Crippen LogP contribution in [0, 0.1) is 0 Å². The third kappa shape index (κ3) is 2.73. The van der Waals surface area contributed by atoms with Gasteiger partial charge in [-0.1, -0.05) is 25.7 Å². The lowest BCUT2D eigenvalue weighted by molar-refractivity contribution is -0.145. The zero-order chi connectivity index (χ0) is 12.5. The van der Waals surface area contributed by atoms with Crippen molar-refractivity contribution in [3.63, 3.8) is 0 Å². The minimum Gasteiger partial charge on any atom is -0.382 e. The standard InChI is InChI=1S/C11H16F3N3/c12-11(13,14)9-7-10(15)16-17(9)8-5-3-1-2-4-6-8/h7-8H,1-6H2,(H2,15,16). The summed E-state index contributed by atoms with van der Waals surface area (Å²) in [6.07, 6.45) is 1.23. The Morgan fingerprint density at radius 2 is 1.76 bits per heavy atom. The molecule has 1 aliphatic rings. The van der Waals surface area contributed by atoms with Gasteiger partial charge in [0.2, 0.25) is 0 Å². The van der Waals surface area contributed by atoms with Crippen molar-refractivity contribution in [1.82, 2.24) is 9.78 Å². The van der Waals surface area contributed by atoms with Crippen LogP contribution >= 0.6 is 0 Å². The Labute approximate surface area is 97.8 Å². The molecule has 1 fully saturated rings. The molecule has 0 bridgehead atoms. The summed E-state index contributed by atoms with van der Waals surface area (Å²) in [6.45, 7) is 0. The fraction of sp³-hybridized carbons (Fsp3) is 0.727. The van der Waals surface area contributed by atoms with Crippen LogP contribution < -0.4 is 5.73 Å². The van der Waals surface area contributed by atoms with E-state index >= 15 is 0 Å². The van der Waals surface area contributed by atoms with E-state index in [0.717, 1.165) is 49.3 Å². The molecule has 96 valence electrons. The normalized spacial score (nSPS) is 19.2. The number of halogens is 3. The SMILES string of the molecule is Nc1cc(C(F)(F)F)n(C2CCCCCC2)n1. The van der Waals surface area contributed by atoms with Gasteiger partial charge in [0.25, 0.3) is 0 Å². The first-order valence-corrected chi connectivity index (χ1v) is 5.90. The number of nitrogens with zero attached hydrogens (tertiary/aromatic N) is 2. The molecule has 0 unspecified atom stereocenters. The smallest absolute Gasteiger partial charge is 0.382 e. The molecule has 1 aromatic rings. The van der Waals surface area contributed by atoms with Crippen molar-refractivity contribution >= 4 is 5.82 Å². The second-order valence-electron chi connectivity index (χ2n) is 4.54. The Kier molecular flexibility index (Phi) is 3.31. The molecule has 0 aliphatic heterocycles. The minimum atomic E-state index is -4.38. The summed E-state index contributed by atoms with van der Waals surface area (Å²) < 4.78 is 39.5. The molecule has 0 spiro atoms. The largest absolute Gasteiger partial charge is 0.433 e. The molecule has 1 saturated carbocycles. The van der Waals surface area contributed by atoms with Crippen LogP contribution in [0.25, 0.3) is 0 Å². The fourth-order valence-corrected chi connectivity index (χ4v) is 2.41. The molecule has 1 aromatic heterocycles. The zero-order valence-corrected chi connectivity index (χ0v) is 9.50. The maximum Gasteiger partial charge on any atom is 0.433 e. The van der Waals surface area contributed by atoms with Crippen LogP contribution in [0.3, 0.4) is 0 Å². The molecule has 6 heteroatoms. The third-order valence-corrected chi connectivity index (χ3v) is 3.22. The van der Waals surface area contributed by atoms with Gasteiger partial charge < -0.3 is 5.73 Å². The Morgan fingerprint density at radius 1 is 1.18 bits per heavy atom. The van der Waals surface area contributed by atoms with Crippen molar-refractivity contribution in [3.05, 3.63) is 11.8 Å². The quantitative estimate of drug-likeness (QED) is 0.773. The Morgan fingerprint density at radius 3 is 2.29 bits per heavy atom. The highest BCUT2D eigenvalue weighted by atomic mass is 19.4. The van der Waals surface area contributed by atoms with E-state index in [9.17, 15) is 13.2 Å². The van der Waals surface area contributed by atoms with E-state index in [1.54, 1.807) is 0 Å². The maximum absolute atomic E-state index is 12.8. The van der Waals surface area contributed by atoms with Crippen molar-refractivity contribution < 1.29 is 13.2 Å². The van der Waals surface area contributed by atoms with Gasteiger partial charge in [0, 0.05) is 6.07 Å². The van der Waals surface area contributed by atoms with Crippen molar-refractivity contribution in [2.24, 2.45) is 0 Å². The van der Waals surface area contributed by atoms with E-state index in [1.165, 1.54) is 0 Å². The van der Waals surface area contributed by atoms with Gasteiger partial charge >= 0.3 is 6.18 Å². The Balaban J connectivity index is 2.30. The van der Waals surface area contributed by atoms with E-state index in [4.69, 9.17) is 5.73 Å². The van der Waals surface area contributed by atoms with Gasteiger partial charge in [0.05, 0.1) is 6.04 Å². The van der Waals surface area contributed by atoms with Crippen LogP contribution in [-0.2, 0) is 6.18 Å². The zero-order valence-electron chi connectivity index (χ0n) is 9.50. The van der Waals surface area contributed by atoms with Crippen molar-refractivity contribution in [1.29, 1.82) is 0 Å². The molecule has 0 amide bonds. The van der Waals surface area contributed by atoms with E-state index in [-0.39, 0.29) is 11.9 Å². The van der Waals surface area contributed by atoms with E-state index in [0.29, 0.717) is 0 Å². The van der Waals surface area contributed by atoms with Crippen LogP contribution in [0.5, 0.6) is 0 Å². The minimum absolute atomic E-state index is 0.0541. The van der Waals surface area contributed by atoms with Crippen LogP contribution in [0.15, 0.2) is 6.07 Å². The van der Waals surface area contributed by atoms with Crippen LogP contribution in [-0.4, -0.2) is 9.78 Å². The monoisotopic (exact) mass is 247 g/mol. The molecule has 17 heavy (non-hydrogen) atoms. The Hall–Kier alpha value is -1.20. The predicted molar refractivity (Wildman–Crippen MR) is 58.4 cm³/mol. The highest BCUT2D eigenvalue weighted by Crippen LogP contribution is 2.35. The molecule has 1 aliphatic carbocycles. The third-order valence-electron chi connectivity index (χ3n) is 3.22. The van der Waals surface area contributed by atoms with Crippen molar-refractivity contribution in [2.75, 3.05) is 5.73 Å². The number of alkyl halides is 3. The van der Waals surface area contributed by atoms with E-state index < -0.39 is 11.9 Å². The lowest BCUT2D eigenvalue weighted by Crippen LogP contribution is -2.19. The van der Waals surface area contributed by atoms with Crippen LogP contribution in [0.2, 0.25) is 0 Å². The number of nitrogen functional groups attached to an aromatic ring is 1. The van der Waals surface area contributed by atoms with Gasteiger partial charge in [-0.2, -0.15) is 18.3 Å². The van der Waals surface area contributed by atoms with Gasteiger partial charge in [0.15, 0.2) is 0 Å². The van der Waals surface area contributed by atoms with Gasteiger partial charge in [-0.05, 0) is 12.8 Å². The maximum atomic E-state index is 12.8. The molecule has 0 aromatic carbocycles. The van der Waals surface area contributed by atoms with Crippen LogP contribution in [0.1, 0.15) is 50.3 Å². The highest BCUT2D eigenvalue weighted by molar-refractivity contribution is 5.31. The number of hydrogen-bond donors (Lipinski definition) is 1. The molecule has 3 nitrogen and oxygen atoms in total. The average Bonchev–Trinajstić information content (AvgIpc) is 2.49. The molecule has 2 N–H and O–H groups in total. The fourth-order valence-electron chi connectivity index (χ4n) is 2.41. The van der Waals surface area contributed by atoms with E-state index in [1.807, 2.05) is 0 Å². The first-order chi connectivity index (χ1) is 7.98. The summed E-state index contributed by atoms with van der Waals surface area (Å²) in [4.78, 5) is 0. The molecule has 0 saturated heterocycles. The predicted octanol–water partition coefficient (Wildman–Crippen LogP) is 3.38. The lowest BCUT2D eigenvalue weighted by Gasteiger charge is -2.18. The summed E-state index contributed by atoms with van der Waals surface area (Å²) in [6, 6.07) is 0.761. The lowest BCUT2D eigenvalue weighted by atomic mass is 10.1. The van der Waals surface area contributed by atoms with Crippen LogP contribution in [0.4, 0.5) is 19.0 Å². The van der Waals surface area contributed by atoms with Crippen molar-refractivity contribution in [3.8, 4) is 0 Å². The van der Waals surface area contributed by atoms with Gasteiger partial charge in [-0.15, -0.1) is 0 Å². The number of aromatic nitrogens is 2. The van der Waals surface area contributed by atoms with E-state index in [2.05, 4.69) is 5.10 Å². The summed E-state index contributed by atoms with van der Waals surface area (Å²) in [5, 5.41) is 3.82. The molecule has 0 radical (unpaired) electrons. The molecule has 0 atom stereocenters. The summed E-state index contributed by atoms with van der Waals surface area (Å²) in [5.74, 6) is -0.0541. The first-order valence-electron chi connectivity index (χ1n) is 5.90. The molecule has 1 heterocycles. The Bertz CT molecular complexity index is 376.